The van der Waals surface area contributed by atoms with E-state index < -0.39 is 18.0 Å². The molecule has 92 valence electrons. The maximum absolute atomic E-state index is 11.8. The first kappa shape index (κ1) is 12.1. The number of ether oxygens (including phenoxy) is 1. The zero-order valence-electron chi connectivity index (χ0n) is 9.69. The fourth-order valence-electron chi connectivity index (χ4n) is 1.87. The molecule has 1 aromatic rings. The van der Waals surface area contributed by atoms with Gasteiger partial charge < -0.3 is 10.5 Å². The molecule has 0 fully saturated rings. The van der Waals surface area contributed by atoms with E-state index in [4.69, 9.17) is 10.5 Å². The fraction of sp³-hybridized carbons (Fsp3) is 0.500. The Morgan fingerprint density at radius 2 is 2.12 bits per heavy atom. The van der Waals surface area contributed by atoms with Gasteiger partial charge in [0.2, 0.25) is 0 Å². The number of carbonyl (C=O) groups excluding carboxylic acids is 2. The van der Waals surface area contributed by atoms with E-state index in [1.165, 1.54) is 41.5 Å². The van der Waals surface area contributed by atoms with Crippen LogP contribution in [-0.4, -0.2) is 18.0 Å². The van der Waals surface area contributed by atoms with Crippen LogP contribution in [0.15, 0.2) is 6.07 Å². The molecule has 1 aliphatic rings. The molecule has 1 aromatic heterocycles. The summed E-state index contributed by atoms with van der Waals surface area (Å²) in [5.74, 6) is -1.07. The summed E-state index contributed by atoms with van der Waals surface area (Å²) < 4.78 is 4.97. The molecule has 2 rings (SSSR count). The van der Waals surface area contributed by atoms with Crippen molar-refractivity contribution >= 4 is 23.2 Å². The van der Waals surface area contributed by atoms with Crippen LogP contribution in [0.2, 0.25) is 0 Å². The maximum Gasteiger partial charge on any atom is 0.349 e. The maximum atomic E-state index is 11.8. The summed E-state index contributed by atoms with van der Waals surface area (Å²) in [5, 5.41) is 0. The van der Waals surface area contributed by atoms with E-state index >= 15 is 0 Å². The molecular weight excluding hydrogens is 238 g/mol. The molecule has 0 radical (unpaired) electrons. The number of aryl methyl sites for hydroxylation is 2. The van der Waals surface area contributed by atoms with Gasteiger partial charge in [-0.25, -0.2) is 4.79 Å². The number of rotatable bonds is 3. The number of nitrogens with two attached hydrogens (primary N) is 1. The van der Waals surface area contributed by atoms with Crippen LogP contribution in [0.25, 0.3) is 0 Å². The summed E-state index contributed by atoms with van der Waals surface area (Å²) >= 11 is 1.47. The Morgan fingerprint density at radius 3 is 2.76 bits per heavy atom. The van der Waals surface area contributed by atoms with Gasteiger partial charge >= 0.3 is 5.97 Å². The number of carbonyl (C=O) groups is 2. The number of amides is 1. The van der Waals surface area contributed by atoms with E-state index in [1.54, 1.807) is 0 Å². The van der Waals surface area contributed by atoms with Crippen molar-refractivity contribution < 1.29 is 14.3 Å². The monoisotopic (exact) mass is 253 g/mol. The highest BCUT2D eigenvalue weighted by Crippen LogP contribution is 2.30. The highest BCUT2D eigenvalue weighted by molar-refractivity contribution is 7.14. The van der Waals surface area contributed by atoms with Crippen LogP contribution >= 0.6 is 11.3 Å². The lowest BCUT2D eigenvalue weighted by molar-refractivity contribution is -0.125. The van der Waals surface area contributed by atoms with Gasteiger partial charge in [0.1, 0.15) is 4.88 Å². The Balaban J connectivity index is 2.09. The fourth-order valence-corrected chi connectivity index (χ4v) is 3.00. The summed E-state index contributed by atoms with van der Waals surface area (Å²) in [5.41, 5.74) is 6.30. The molecule has 17 heavy (non-hydrogen) atoms. The van der Waals surface area contributed by atoms with E-state index in [0.717, 1.165) is 12.8 Å². The third-order valence-electron chi connectivity index (χ3n) is 2.88. The highest BCUT2D eigenvalue weighted by Gasteiger charge is 2.21. The van der Waals surface area contributed by atoms with Gasteiger partial charge in [0.15, 0.2) is 6.10 Å². The molecule has 0 saturated carbocycles. The standard InChI is InChI=1S/C12H15NO3S/c1-7(11(13)14)16-12(15)10-6-8-4-2-3-5-9(8)17-10/h6-7H,2-5H2,1H3,(H2,13,14). The van der Waals surface area contributed by atoms with Gasteiger partial charge in [0.25, 0.3) is 5.91 Å². The van der Waals surface area contributed by atoms with Crippen LogP contribution in [0, 0.1) is 0 Å². The molecule has 0 bridgehead atoms. The summed E-state index contributed by atoms with van der Waals surface area (Å²) in [4.78, 5) is 24.4. The van der Waals surface area contributed by atoms with Gasteiger partial charge in [0.05, 0.1) is 0 Å². The van der Waals surface area contributed by atoms with Crippen molar-refractivity contribution in [1.29, 1.82) is 0 Å². The van der Waals surface area contributed by atoms with Crippen LogP contribution in [-0.2, 0) is 22.4 Å². The number of hydrogen-bond acceptors (Lipinski definition) is 4. The smallest absolute Gasteiger partial charge is 0.349 e. The lowest BCUT2D eigenvalue weighted by atomic mass is 9.99. The van der Waals surface area contributed by atoms with Crippen LogP contribution in [0.1, 0.15) is 39.9 Å². The minimum absolute atomic E-state index is 0.448. The Hall–Kier alpha value is -1.36. The molecular formula is C12H15NO3S. The predicted molar refractivity (Wildman–Crippen MR) is 65.0 cm³/mol. The number of fused-ring (bicyclic) bond motifs is 1. The molecule has 2 N–H and O–H groups in total. The quantitative estimate of drug-likeness (QED) is 0.833. The first-order valence-electron chi connectivity index (χ1n) is 5.70. The second kappa shape index (κ2) is 4.87. The molecule has 1 unspecified atom stereocenters. The van der Waals surface area contributed by atoms with Crippen molar-refractivity contribution in [3.8, 4) is 0 Å². The highest BCUT2D eigenvalue weighted by atomic mass is 32.1. The largest absolute Gasteiger partial charge is 0.448 e. The van der Waals surface area contributed by atoms with Gasteiger partial charge in [-0.3, -0.25) is 4.79 Å². The average molecular weight is 253 g/mol. The molecule has 1 atom stereocenters. The van der Waals surface area contributed by atoms with Crippen molar-refractivity contribution in [1.82, 2.24) is 0 Å². The number of thiophene rings is 1. The van der Waals surface area contributed by atoms with Crippen molar-refractivity contribution in [3.63, 3.8) is 0 Å². The van der Waals surface area contributed by atoms with E-state index in [0.29, 0.717) is 4.88 Å². The van der Waals surface area contributed by atoms with E-state index in [-0.39, 0.29) is 0 Å². The number of primary amides is 1. The summed E-state index contributed by atoms with van der Waals surface area (Å²) in [6.45, 7) is 1.48. The molecule has 5 heteroatoms. The zero-order valence-corrected chi connectivity index (χ0v) is 10.5. The third-order valence-corrected chi connectivity index (χ3v) is 4.10. The van der Waals surface area contributed by atoms with Gasteiger partial charge in [0, 0.05) is 4.88 Å². The van der Waals surface area contributed by atoms with Crippen molar-refractivity contribution in [2.24, 2.45) is 5.73 Å². The molecule has 1 heterocycles. The predicted octanol–water partition coefficient (Wildman–Crippen LogP) is 1.66. The zero-order chi connectivity index (χ0) is 12.4. The second-order valence-electron chi connectivity index (χ2n) is 4.22. The summed E-state index contributed by atoms with van der Waals surface area (Å²) in [6, 6.07) is 1.88. The average Bonchev–Trinajstić information content (AvgIpc) is 2.72. The second-order valence-corrected chi connectivity index (χ2v) is 5.35. The molecule has 1 aliphatic carbocycles. The molecule has 0 aliphatic heterocycles. The SMILES string of the molecule is CC(OC(=O)c1cc2c(s1)CCCC2)C(N)=O. The lowest BCUT2D eigenvalue weighted by Crippen LogP contribution is -2.30. The molecule has 1 amide bonds. The lowest BCUT2D eigenvalue weighted by Gasteiger charge is -2.08. The Labute approximate surface area is 104 Å². The van der Waals surface area contributed by atoms with Crippen LogP contribution in [0.5, 0.6) is 0 Å². The third kappa shape index (κ3) is 2.66. The molecule has 0 aromatic carbocycles. The molecule has 0 spiro atoms. The van der Waals surface area contributed by atoms with Crippen LogP contribution in [0.3, 0.4) is 0 Å². The Kier molecular flexibility index (Phi) is 3.47. The molecule has 4 nitrogen and oxygen atoms in total. The van der Waals surface area contributed by atoms with Crippen LogP contribution in [0.4, 0.5) is 0 Å². The first-order valence-corrected chi connectivity index (χ1v) is 6.51. The van der Waals surface area contributed by atoms with Gasteiger partial charge in [-0.15, -0.1) is 11.3 Å². The van der Waals surface area contributed by atoms with E-state index in [9.17, 15) is 9.59 Å². The van der Waals surface area contributed by atoms with Crippen molar-refractivity contribution in [2.75, 3.05) is 0 Å². The van der Waals surface area contributed by atoms with E-state index in [1.807, 2.05) is 6.07 Å². The number of hydrogen-bond donors (Lipinski definition) is 1. The number of esters is 1. The topological polar surface area (TPSA) is 69.4 Å². The van der Waals surface area contributed by atoms with Gasteiger partial charge in [-0.05, 0) is 44.2 Å². The first-order chi connectivity index (χ1) is 8.08. The Bertz CT molecular complexity index is 429. The minimum Gasteiger partial charge on any atom is -0.448 e. The van der Waals surface area contributed by atoms with Crippen molar-refractivity contribution in [2.45, 2.75) is 38.7 Å². The normalized spacial score (nSPS) is 16.1. The van der Waals surface area contributed by atoms with Gasteiger partial charge in [-0.1, -0.05) is 0 Å². The van der Waals surface area contributed by atoms with Crippen molar-refractivity contribution in [3.05, 3.63) is 21.4 Å². The minimum atomic E-state index is -0.873. The van der Waals surface area contributed by atoms with Gasteiger partial charge in [-0.2, -0.15) is 0 Å². The molecule has 0 saturated heterocycles. The Morgan fingerprint density at radius 1 is 1.41 bits per heavy atom. The summed E-state index contributed by atoms with van der Waals surface area (Å²) in [6.07, 6.45) is 3.56. The summed E-state index contributed by atoms with van der Waals surface area (Å²) in [7, 11) is 0. The van der Waals surface area contributed by atoms with E-state index in [2.05, 4.69) is 0 Å². The van der Waals surface area contributed by atoms with Crippen LogP contribution < -0.4 is 5.73 Å².